The summed E-state index contributed by atoms with van der Waals surface area (Å²) < 4.78 is 15.3. The molecule has 0 amide bonds. The monoisotopic (exact) mass is 265 g/mol. The van der Waals surface area contributed by atoms with E-state index in [4.69, 9.17) is 11.6 Å². The van der Waals surface area contributed by atoms with Crippen LogP contribution in [0.25, 0.3) is 5.69 Å². The van der Waals surface area contributed by atoms with Gasteiger partial charge in [-0.25, -0.2) is 9.37 Å². The minimum absolute atomic E-state index is 0.287. The zero-order chi connectivity index (χ0) is 12.5. The van der Waals surface area contributed by atoms with E-state index in [-0.39, 0.29) is 11.9 Å². The molecule has 1 atom stereocenters. The van der Waals surface area contributed by atoms with Crippen LogP contribution in [0.3, 0.4) is 0 Å². The summed E-state index contributed by atoms with van der Waals surface area (Å²) in [6.07, 6.45) is 5.75. The largest absolute Gasteiger partial charge is 0.309 e. The van der Waals surface area contributed by atoms with E-state index in [0.717, 1.165) is 25.1 Å². The smallest absolute Gasteiger partial charge is 0.126 e. The van der Waals surface area contributed by atoms with Crippen molar-refractivity contribution in [3.63, 3.8) is 0 Å². The first-order valence-corrected chi connectivity index (χ1v) is 6.34. The molecule has 3 rings (SSSR count). The molecule has 1 aromatic carbocycles. The summed E-state index contributed by atoms with van der Waals surface area (Å²) >= 11 is 5.89. The van der Waals surface area contributed by atoms with Crippen LogP contribution in [0.15, 0.2) is 30.7 Å². The van der Waals surface area contributed by atoms with Crippen LogP contribution in [0.5, 0.6) is 0 Å². The summed E-state index contributed by atoms with van der Waals surface area (Å²) in [6, 6.07) is 4.79. The first-order chi connectivity index (χ1) is 8.74. The second kappa shape index (κ2) is 4.71. The summed E-state index contributed by atoms with van der Waals surface area (Å²) in [5.41, 5.74) is 1.76. The summed E-state index contributed by atoms with van der Waals surface area (Å²) in [6.45, 7) is 1.01. The second-order valence-corrected chi connectivity index (χ2v) is 4.90. The van der Waals surface area contributed by atoms with Gasteiger partial charge in [-0.1, -0.05) is 11.6 Å². The molecule has 3 nitrogen and oxygen atoms in total. The molecular formula is C13H13ClFN3. The van der Waals surface area contributed by atoms with Crippen LogP contribution in [0, 0.1) is 5.82 Å². The predicted molar refractivity (Wildman–Crippen MR) is 68.5 cm³/mol. The highest BCUT2D eigenvalue weighted by molar-refractivity contribution is 6.30. The van der Waals surface area contributed by atoms with Crippen LogP contribution in [-0.4, -0.2) is 16.1 Å². The molecular weight excluding hydrogens is 253 g/mol. The molecule has 18 heavy (non-hydrogen) atoms. The first-order valence-electron chi connectivity index (χ1n) is 5.96. The van der Waals surface area contributed by atoms with Crippen LogP contribution >= 0.6 is 11.6 Å². The van der Waals surface area contributed by atoms with Crippen LogP contribution in [0.2, 0.25) is 5.02 Å². The van der Waals surface area contributed by atoms with E-state index in [1.165, 1.54) is 12.1 Å². The lowest BCUT2D eigenvalue weighted by Crippen LogP contribution is -2.16. The average Bonchev–Trinajstić information content (AvgIpc) is 2.98. The molecule has 1 aromatic heterocycles. The standard InChI is InChI=1S/C13H13ClFN3/c14-9-4-10(15)6-11(5-9)18-8-16-7-13(18)12-2-1-3-17-12/h4-8,12,17H,1-3H2/t12-/m0/s1. The fourth-order valence-corrected chi connectivity index (χ4v) is 2.61. The van der Waals surface area contributed by atoms with Crippen molar-refractivity contribution in [3.05, 3.63) is 47.3 Å². The number of nitrogens with one attached hydrogen (secondary N) is 1. The number of imidazole rings is 1. The van der Waals surface area contributed by atoms with Crippen molar-refractivity contribution in [2.45, 2.75) is 18.9 Å². The van der Waals surface area contributed by atoms with E-state index in [2.05, 4.69) is 10.3 Å². The molecule has 1 aliphatic rings. The van der Waals surface area contributed by atoms with E-state index in [1.807, 2.05) is 10.8 Å². The summed E-state index contributed by atoms with van der Waals surface area (Å²) in [4.78, 5) is 4.16. The van der Waals surface area contributed by atoms with Gasteiger partial charge in [0.1, 0.15) is 5.82 Å². The average molecular weight is 266 g/mol. The molecule has 0 saturated carbocycles. The van der Waals surface area contributed by atoms with E-state index < -0.39 is 0 Å². The van der Waals surface area contributed by atoms with Gasteiger partial charge in [0, 0.05) is 11.1 Å². The van der Waals surface area contributed by atoms with Crippen molar-refractivity contribution in [2.24, 2.45) is 0 Å². The summed E-state index contributed by atoms with van der Waals surface area (Å²) in [5.74, 6) is -0.337. The van der Waals surface area contributed by atoms with Gasteiger partial charge in [0.05, 0.1) is 23.9 Å². The highest BCUT2D eigenvalue weighted by Gasteiger charge is 2.20. The number of nitrogens with zero attached hydrogens (tertiary/aromatic N) is 2. The predicted octanol–water partition coefficient (Wildman–Crippen LogP) is 3.09. The topological polar surface area (TPSA) is 29.9 Å². The molecule has 0 unspecified atom stereocenters. The fourth-order valence-electron chi connectivity index (χ4n) is 2.39. The van der Waals surface area contributed by atoms with E-state index in [0.29, 0.717) is 10.7 Å². The van der Waals surface area contributed by atoms with E-state index in [1.54, 1.807) is 12.4 Å². The van der Waals surface area contributed by atoms with Gasteiger partial charge in [-0.3, -0.25) is 0 Å². The van der Waals surface area contributed by atoms with Crippen LogP contribution in [-0.2, 0) is 0 Å². The van der Waals surface area contributed by atoms with Crippen molar-refractivity contribution in [1.29, 1.82) is 0 Å². The van der Waals surface area contributed by atoms with Gasteiger partial charge in [-0.15, -0.1) is 0 Å². The Labute approximate surface area is 110 Å². The normalized spacial score (nSPS) is 19.3. The molecule has 0 spiro atoms. The van der Waals surface area contributed by atoms with Crippen molar-refractivity contribution in [3.8, 4) is 5.69 Å². The molecule has 94 valence electrons. The third kappa shape index (κ3) is 2.13. The van der Waals surface area contributed by atoms with Crippen LogP contribution < -0.4 is 5.32 Å². The Balaban J connectivity index is 2.03. The molecule has 0 bridgehead atoms. The van der Waals surface area contributed by atoms with Gasteiger partial charge >= 0.3 is 0 Å². The van der Waals surface area contributed by atoms with Gasteiger partial charge < -0.3 is 9.88 Å². The Bertz CT molecular complexity index is 541. The van der Waals surface area contributed by atoms with Gasteiger partial charge in [0.2, 0.25) is 0 Å². The number of aromatic nitrogens is 2. The van der Waals surface area contributed by atoms with Gasteiger partial charge in [-0.05, 0) is 37.6 Å². The molecule has 0 radical (unpaired) electrons. The van der Waals surface area contributed by atoms with Crippen LogP contribution in [0.1, 0.15) is 24.6 Å². The zero-order valence-electron chi connectivity index (χ0n) is 9.74. The number of halogens is 2. The SMILES string of the molecule is Fc1cc(Cl)cc(-n2cncc2[C@@H]2CCCN2)c1. The Morgan fingerprint density at radius 1 is 1.39 bits per heavy atom. The number of rotatable bonds is 2. The summed E-state index contributed by atoms with van der Waals surface area (Å²) in [7, 11) is 0. The highest BCUT2D eigenvalue weighted by Crippen LogP contribution is 2.26. The van der Waals surface area contributed by atoms with Crippen molar-refractivity contribution in [1.82, 2.24) is 14.9 Å². The molecule has 1 fully saturated rings. The second-order valence-electron chi connectivity index (χ2n) is 4.47. The van der Waals surface area contributed by atoms with Gasteiger partial charge in [0.25, 0.3) is 0 Å². The molecule has 1 N–H and O–H groups in total. The molecule has 0 aliphatic carbocycles. The van der Waals surface area contributed by atoms with Gasteiger partial charge in [-0.2, -0.15) is 0 Å². The Kier molecular flexibility index (Phi) is 3.06. The quantitative estimate of drug-likeness (QED) is 0.904. The van der Waals surface area contributed by atoms with Crippen molar-refractivity contribution in [2.75, 3.05) is 6.54 Å². The maximum atomic E-state index is 13.4. The van der Waals surface area contributed by atoms with E-state index >= 15 is 0 Å². The van der Waals surface area contributed by atoms with Crippen LogP contribution in [0.4, 0.5) is 4.39 Å². The molecule has 5 heteroatoms. The summed E-state index contributed by atoms with van der Waals surface area (Å²) in [5, 5.41) is 3.80. The number of hydrogen-bond acceptors (Lipinski definition) is 2. The van der Waals surface area contributed by atoms with Crippen molar-refractivity contribution >= 4 is 11.6 Å². The first kappa shape index (κ1) is 11.7. The minimum Gasteiger partial charge on any atom is -0.309 e. The Morgan fingerprint density at radius 3 is 3.00 bits per heavy atom. The maximum Gasteiger partial charge on any atom is 0.126 e. The minimum atomic E-state index is -0.337. The third-order valence-electron chi connectivity index (χ3n) is 3.21. The molecule has 1 saturated heterocycles. The fraction of sp³-hybridized carbons (Fsp3) is 0.308. The number of hydrogen-bond donors (Lipinski definition) is 1. The maximum absolute atomic E-state index is 13.4. The van der Waals surface area contributed by atoms with Crippen molar-refractivity contribution < 1.29 is 4.39 Å². The van der Waals surface area contributed by atoms with Gasteiger partial charge in [0.15, 0.2) is 0 Å². The lowest BCUT2D eigenvalue weighted by atomic mass is 10.1. The zero-order valence-corrected chi connectivity index (χ0v) is 10.5. The molecule has 2 heterocycles. The van der Waals surface area contributed by atoms with E-state index in [9.17, 15) is 4.39 Å². The lowest BCUT2D eigenvalue weighted by Gasteiger charge is -2.14. The highest BCUT2D eigenvalue weighted by atomic mass is 35.5. The third-order valence-corrected chi connectivity index (χ3v) is 3.43. The molecule has 2 aromatic rings. The Hall–Kier alpha value is -1.39. The lowest BCUT2D eigenvalue weighted by molar-refractivity contribution is 0.609. The number of benzene rings is 1. The Morgan fingerprint density at radius 2 is 2.28 bits per heavy atom. The molecule has 1 aliphatic heterocycles.